The average Bonchev–Trinajstić information content (AvgIpc) is 3.50. The van der Waals surface area contributed by atoms with Gasteiger partial charge in [-0.25, -0.2) is 5.06 Å². The molecule has 0 radical (unpaired) electrons. The largest absolute Gasteiger partial charge is 0.379 e. The van der Waals surface area contributed by atoms with E-state index in [4.69, 9.17) is 9.57 Å². The van der Waals surface area contributed by atoms with E-state index < -0.39 is 5.92 Å². The van der Waals surface area contributed by atoms with Crippen molar-refractivity contribution in [3.63, 3.8) is 0 Å². The highest BCUT2D eigenvalue weighted by molar-refractivity contribution is 5.89. The lowest BCUT2D eigenvalue weighted by Gasteiger charge is -2.31. The quantitative estimate of drug-likeness (QED) is 0.624. The van der Waals surface area contributed by atoms with E-state index in [9.17, 15) is 9.59 Å². The summed E-state index contributed by atoms with van der Waals surface area (Å²) in [7, 11) is 1.67. The standard InChI is InChI=1S/C25H35N3O4/c1-17(24(31-2)22-10-7-11-26-22)23(29)15-18(25(30)28-12-5-6-13-32-28)14-19-16-27-21-9-4-3-8-20(19)21/h3-4,8-9,16-18,22,24,26-27H,5-7,10-15H2,1-2H3/t17-,18?,22-,24+/m0/s1. The molecule has 4 atom stereocenters. The van der Waals surface area contributed by atoms with E-state index in [1.165, 1.54) is 5.06 Å². The second-order valence-corrected chi connectivity index (χ2v) is 9.10. The number of ether oxygens (including phenoxy) is 1. The second kappa shape index (κ2) is 10.6. The Morgan fingerprint density at radius 1 is 1.25 bits per heavy atom. The molecule has 1 amide bonds. The van der Waals surface area contributed by atoms with Gasteiger partial charge in [-0.2, -0.15) is 0 Å². The Morgan fingerprint density at radius 3 is 2.81 bits per heavy atom. The normalized spacial score (nSPS) is 22.1. The number of carbonyl (C=O) groups is 2. The topological polar surface area (TPSA) is 83.7 Å². The zero-order valence-electron chi connectivity index (χ0n) is 19.1. The van der Waals surface area contributed by atoms with Crippen molar-refractivity contribution in [2.24, 2.45) is 11.8 Å². The first-order valence-corrected chi connectivity index (χ1v) is 11.9. The molecular formula is C25H35N3O4. The molecule has 1 aromatic carbocycles. The number of fused-ring (bicyclic) bond motifs is 1. The molecule has 32 heavy (non-hydrogen) atoms. The zero-order chi connectivity index (χ0) is 22.5. The minimum absolute atomic E-state index is 0.0701. The van der Waals surface area contributed by atoms with Gasteiger partial charge in [-0.05, 0) is 50.3 Å². The van der Waals surface area contributed by atoms with Crippen LogP contribution in [0.25, 0.3) is 10.9 Å². The third-order valence-electron chi connectivity index (χ3n) is 6.95. The number of amides is 1. The molecule has 0 spiro atoms. The van der Waals surface area contributed by atoms with Gasteiger partial charge in [-0.1, -0.05) is 25.1 Å². The lowest BCUT2D eigenvalue weighted by molar-refractivity contribution is -0.201. The van der Waals surface area contributed by atoms with Gasteiger partial charge in [0.15, 0.2) is 0 Å². The van der Waals surface area contributed by atoms with Gasteiger partial charge in [0, 0.05) is 49.1 Å². The maximum atomic E-state index is 13.4. The second-order valence-electron chi connectivity index (χ2n) is 9.10. The molecule has 1 unspecified atom stereocenters. The molecule has 2 fully saturated rings. The molecule has 2 saturated heterocycles. The van der Waals surface area contributed by atoms with Crippen molar-refractivity contribution in [2.75, 3.05) is 26.8 Å². The van der Waals surface area contributed by atoms with E-state index >= 15 is 0 Å². The van der Waals surface area contributed by atoms with Crippen molar-refractivity contribution in [3.8, 4) is 0 Å². The van der Waals surface area contributed by atoms with Gasteiger partial charge in [0.2, 0.25) is 5.91 Å². The van der Waals surface area contributed by atoms with Crippen LogP contribution >= 0.6 is 0 Å². The number of methoxy groups -OCH3 is 1. The molecule has 2 aliphatic rings. The predicted octanol–water partition coefficient (Wildman–Crippen LogP) is 3.24. The summed E-state index contributed by atoms with van der Waals surface area (Å²) >= 11 is 0. The Morgan fingerprint density at radius 2 is 2.09 bits per heavy atom. The van der Waals surface area contributed by atoms with Gasteiger partial charge in [0.05, 0.1) is 18.6 Å². The number of rotatable bonds is 9. The first kappa shape index (κ1) is 23.0. The van der Waals surface area contributed by atoms with Crippen LogP contribution in [0.2, 0.25) is 0 Å². The maximum Gasteiger partial charge on any atom is 0.250 e. The molecule has 0 bridgehead atoms. The molecule has 1 aromatic heterocycles. The molecular weight excluding hydrogens is 406 g/mol. The summed E-state index contributed by atoms with van der Waals surface area (Å²) in [4.78, 5) is 35.7. The molecule has 2 aromatic rings. The number of ketones is 1. The summed E-state index contributed by atoms with van der Waals surface area (Å²) in [6, 6.07) is 8.24. The Bertz CT molecular complexity index is 915. The number of benzene rings is 1. The number of hydrogen-bond acceptors (Lipinski definition) is 5. The van der Waals surface area contributed by atoms with Crippen molar-refractivity contribution in [1.82, 2.24) is 15.4 Å². The monoisotopic (exact) mass is 441 g/mol. The molecule has 2 N–H and O–H groups in total. The summed E-state index contributed by atoms with van der Waals surface area (Å²) in [5.74, 6) is -0.767. The Hall–Kier alpha value is -2.22. The fourth-order valence-electron chi connectivity index (χ4n) is 5.11. The Labute approximate surface area is 189 Å². The Kier molecular flexibility index (Phi) is 7.60. The third kappa shape index (κ3) is 5.05. The molecule has 174 valence electrons. The van der Waals surface area contributed by atoms with Crippen LogP contribution in [0.1, 0.15) is 44.6 Å². The highest BCUT2D eigenvalue weighted by Gasteiger charge is 2.36. The van der Waals surface area contributed by atoms with Gasteiger partial charge in [0.1, 0.15) is 5.78 Å². The summed E-state index contributed by atoms with van der Waals surface area (Å²) in [5.41, 5.74) is 2.09. The van der Waals surface area contributed by atoms with Crippen molar-refractivity contribution in [3.05, 3.63) is 36.0 Å². The van der Waals surface area contributed by atoms with E-state index in [1.807, 2.05) is 31.3 Å². The van der Waals surface area contributed by atoms with Crippen LogP contribution in [0.3, 0.4) is 0 Å². The number of para-hydroxylation sites is 1. The lowest BCUT2D eigenvalue weighted by Crippen LogP contribution is -2.45. The van der Waals surface area contributed by atoms with E-state index in [1.54, 1.807) is 7.11 Å². The first-order chi connectivity index (χ1) is 15.6. The molecule has 2 aliphatic heterocycles. The van der Waals surface area contributed by atoms with Crippen molar-refractivity contribution < 1.29 is 19.2 Å². The SMILES string of the molecule is CO[C@@H]([C@@H]1CCCN1)[C@@H](C)C(=O)CC(Cc1c[nH]c2ccccc12)C(=O)N1CCCCO1. The minimum Gasteiger partial charge on any atom is -0.379 e. The summed E-state index contributed by atoms with van der Waals surface area (Å²) in [6.07, 6.45) is 6.45. The van der Waals surface area contributed by atoms with Crippen LogP contribution in [0, 0.1) is 11.8 Å². The smallest absolute Gasteiger partial charge is 0.250 e. The Balaban J connectivity index is 1.52. The number of hydroxylamine groups is 2. The van der Waals surface area contributed by atoms with E-state index in [0.717, 1.165) is 48.7 Å². The highest BCUT2D eigenvalue weighted by Crippen LogP contribution is 2.27. The number of aromatic nitrogens is 1. The van der Waals surface area contributed by atoms with Gasteiger partial charge < -0.3 is 15.0 Å². The van der Waals surface area contributed by atoms with Gasteiger partial charge in [-0.15, -0.1) is 0 Å². The molecule has 0 saturated carbocycles. The first-order valence-electron chi connectivity index (χ1n) is 11.9. The molecule has 3 heterocycles. The van der Waals surface area contributed by atoms with E-state index in [-0.39, 0.29) is 36.2 Å². The van der Waals surface area contributed by atoms with Crippen LogP contribution in [-0.2, 0) is 25.6 Å². The molecule has 0 aliphatic carbocycles. The predicted molar refractivity (Wildman–Crippen MR) is 123 cm³/mol. The minimum atomic E-state index is -0.462. The van der Waals surface area contributed by atoms with Crippen molar-refractivity contribution in [1.29, 1.82) is 0 Å². The number of carbonyl (C=O) groups excluding carboxylic acids is 2. The van der Waals surface area contributed by atoms with Gasteiger partial charge >= 0.3 is 0 Å². The van der Waals surface area contributed by atoms with Crippen LogP contribution in [0.15, 0.2) is 30.5 Å². The number of aromatic amines is 1. The fourth-order valence-corrected chi connectivity index (χ4v) is 5.11. The van der Waals surface area contributed by atoms with Gasteiger partial charge in [0.25, 0.3) is 0 Å². The van der Waals surface area contributed by atoms with Crippen molar-refractivity contribution >= 4 is 22.6 Å². The summed E-state index contributed by atoms with van der Waals surface area (Å²) < 4.78 is 5.73. The zero-order valence-corrected chi connectivity index (χ0v) is 19.1. The van der Waals surface area contributed by atoms with Crippen LogP contribution in [0.5, 0.6) is 0 Å². The van der Waals surface area contributed by atoms with Crippen molar-refractivity contribution in [2.45, 2.75) is 57.6 Å². The summed E-state index contributed by atoms with van der Waals surface area (Å²) in [5, 5.41) is 6.02. The molecule has 4 rings (SSSR count). The fraction of sp³-hybridized carbons (Fsp3) is 0.600. The summed E-state index contributed by atoms with van der Waals surface area (Å²) in [6.45, 7) is 4.02. The average molecular weight is 442 g/mol. The number of hydrogen-bond donors (Lipinski definition) is 2. The third-order valence-corrected chi connectivity index (χ3v) is 6.95. The highest BCUT2D eigenvalue weighted by atomic mass is 16.7. The molecule has 7 nitrogen and oxygen atoms in total. The number of nitrogens with one attached hydrogen (secondary N) is 2. The van der Waals surface area contributed by atoms with Crippen LogP contribution < -0.4 is 5.32 Å². The maximum absolute atomic E-state index is 13.4. The number of H-pyrrole nitrogens is 1. The van der Waals surface area contributed by atoms with E-state index in [2.05, 4.69) is 16.4 Å². The number of Topliss-reactive ketones (excluding diaryl/α,β-unsaturated/α-hetero) is 1. The number of nitrogens with zero attached hydrogens (tertiary/aromatic N) is 1. The van der Waals surface area contributed by atoms with Crippen LogP contribution in [-0.4, -0.2) is 60.7 Å². The molecule has 7 heteroatoms. The van der Waals surface area contributed by atoms with Crippen LogP contribution in [0.4, 0.5) is 0 Å². The van der Waals surface area contributed by atoms with Gasteiger partial charge in [-0.3, -0.25) is 14.4 Å². The van der Waals surface area contributed by atoms with E-state index in [0.29, 0.717) is 19.6 Å². The lowest BCUT2D eigenvalue weighted by atomic mass is 9.85.